The summed E-state index contributed by atoms with van der Waals surface area (Å²) in [7, 11) is 4.94. The van der Waals surface area contributed by atoms with Gasteiger partial charge in [-0.2, -0.15) is 4.98 Å². The Morgan fingerprint density at radius 1 is 0.935 bits per heavy atom. The maximum atomic E-state index is 13.0. The lowest BCUT2D eigenvalue weighted by molar-refractivity contribution is 0.0161. The molecule has 2 aromatic carbocycles. The predicted molar refractivity (Wildman–Crippen MR) is 239 cm³/mol. The number of anilines is 2. The highest BCUT2D eigenvalue weighted by atomic mass is 16.6. The molecule has 6 rings (SSSR count). The van der Waals surface area contributed by atoms with Crippen LogP contribution in [0.25, 0.3) is 5.65 Å². The average Bonchev–Trinajstić information content (AvgIpc) is 3.68. The smallest absolute Gasteiger partial charge is 0.410 e. The number of piperidine rings is 1. The van der Waals surface area contributed by atoms with E-state index in [2.05, 4.69) is 16.7 Å². The fraction of sp³-hybridized carbons (Fsp3) is 0.511. The highest BCUT2D eigenvalue weighted by Gasteiger charge is 2.29. The molecule has 2 unspecified atom stereocenters. The van der Waals surface area contributed by atoms with E-state index in [0.717, 1.165) is 72.8 Å². The number of aliphatic hydroxyl groups is 1. The highest BCUT2D eigenvalue weighted by molar-refractivity contribution is 5.68. The van der Waals surface area contributed by atoms with Gasteiger partial charge in [0.2, 0.25) is 0 Å². The van der Waals surface area contributed by atoms with Gasteiger partial charge >= 0.3 is 12.1 Å². The second-order valence-corrected chi connectivity index (χ2v) is 17.1. The van der Waals surface area contributed by atoms with E-state index in [0.29, 0.717) is 61.4 Å². The van der Waals surface area contributed by atoms with Crippen molar-refractivity contribution < 1.29 is 33.6 Å². The first kappa shape index (κ1) is 45.8. The third-order valence-electron chi connectivity index (χ3n) is 11.0. The molecule has 0 bridgehead atoms. The number of aryl methyl sites for hydroxylation is 1. The predicted octanol–water partition coefficient (Wildman–Crippen LogP) is 7.80. The third-order valence-corrected chi connectivity index (χ3v) is 11.0. The highest BCUT2D eigenvalue weighted by Crippen LogP contribution is 2.32. The Hall–Kier alpha value is -5.67. The van der Waals surface area contributed by atoms with E-state index >= 15 is 0 Å². The van der Waals surface area contributed by atoms with E-state index in [4.69, 9.17) is 43.7 Å². The van der Waals surface area contributed by atoms with Gasteiger partial charge in [0.25, 0.3) is 0 Å². The number of aliphatic hydroxyl groups excluding tert-OH is 1. The maximum absolute atomic E-state index is 13.0. The summed E-state index contributed by atoms with van der Waals surface area (Å²) in [5.41, 5.74) is 4.02. The molecule has 2 atom stereocenters. The summed E-state index contributed by atoms with van der Waals surface area (Å²) in [5, 5.41) is 16.9. The van der Waals surface area contributed by atoms with Crippen molar-refractivity contribution in [2.75, 3.05) is 63.9 Å². The van der Waals surface area contributed by atoms with E-state index in [1.165, 1.54) is 0 Å². The normalized spacial score (nSPS) is 14.4. The Labute approximate surface area is 365 Å². The van der Waals surface area contributed by atoms with Crippen molar-refractivity contribution in [1.29, 1.82) is 0 Å². The van der Waals surface area contributed by atoms with Gasteiger partial charge in [0.05, 0.1) is 38.8 Å². The number of carbonyl (C=O) groups excluding carboxylic acids is 1. The van der Waals surface area contributed by atoms with E-state index in [1.54, 1.807) is 43.1 Å². The number of fused-ring (bicyclic) bond motifs is 1. The number of methoxy groups -OCH3 is 3. The van der Waals surface area contributed by atoms with Gasteiger partial charge in [-0.05, 0) is 107 Å². The molecule has 1 amide bonds. The maximum Gasteiger partial charge on any atom is 0.410 e. The van der Waals surface area contributed by atoms with Gasteiger partial charge in [-0.1, -0.05) is 37.6 Å². The molecule has 15 heteroatoms. The quantitative estimate of drug-likeness (QED) is 0.0862. The van der Waals surface area contributed by atoms with Crippen LogP contribution in [0.2, 0.25) is 0 Å². The number of hydrogen-bond donors (Lipinski definition) is 1. The Morgan fingerprint density at radius 2 is 1.56 bits per heavy atom. The molecule has 1 saturated heterocycles. The number of ether oxygens (including phenoxy) is 5. The standard InChI is InChI=1S/C47H64N8O7/c1-10-11-33(3)61-45-50-44(54(30-34-12-16-38(59-8)17-13-34)31-35-14-18-39(60-9)19-15-35)43-49-28-40(55(43)51-45)41(56)37-26-32(2)42(48-27-37)52-22-20-36(21-23-52)29-53(24-25-58-7)46(57)62-47(4,5)6/h12-19,26-28,33,36,41,56H,10-11,20-25,29-31H2,1-9H3. The van der Waals surface area contributed by atoms with Crippen LogP contribution < -0.4 is 24.0 Å². The summed E-state index contributed by atoms with van der Waals surface area (Å²) < 4.78 is 29.8. The largest absolute Gasteiger partial charge is 0.497 e. The number of carbonyl (C=O) groups is 1. The van der Waals surface area contributed by atoms with Crippen LogP contribution in [0.15, 0.2) is 67.0 Å². The van der Waals surface area contributed by atoms with Gasteiger partial charge in [0.15, 0.2) is 11.5 Å². The van der Waals surface area contributed by atoms with Crippen LogP contribution in [0.5, 0.6) is 17.5 Å². The average molecular weight is 853 g/mol. The fourth-order valence-corrected chi connectivity index (χ4v) is 7.73. The number of rotatable bonds is 19. The fourth-order valence-electron chi connectivity index (χ4n) is 7.73. The molecule has 0 radical (unpaired) electrons. The second-order valence-electron chi connectivity index (χ2n) is 17.1. The number of pyridine rings is 1. The van der Waals surface area contributed by atoms with Gasteiger partial charge in [0.1, 0.15) is 29.0 Å². The first-order valence-electron chi connectivity index (χ1n) is 21.6. The molecule has 1 N–H and O–H groups in total. The molecule has 5 aromatic rings. The van der Waals surface area contributed by atoms with Crippen molar-refractivity contribution in [2.45, 2.75) is 98.1 Å². The topological polar surface area (TPSA) is 149 Å². The first-order valence-corrected chi connectivity index (χ1v) is 21.6. The molecule has 0 aliphatic carbocycles. The zero-order valence-corrected chi connectivity index (χ0v) is 37.8. The van der Waals surface area contributed by atoms with Crippen molar-refractivity contribution in [3.63, 3.8) is 0 Å². The molecule has 15 nitrogen and oxygen atoms in total. The van der Waals surface area contributed by atoms with E-state index in [9.17, 15) is 9.90 Å². The minimum absolute atomic E-state index is 0.136. The van der Waals surface area contributed by atoms with Crippen LogP contribution >= 0.6 is 0 Å². The SMILES string of the molecule is CCCC(C)Oc1nc(N(Cc2ccc(OC)cc2)Cc2ccc(OC)cc2)c2ncc(C(O)c3cnc(N4CCC(CN(CCOC)C(=O)OC(C)(C)C)CC4)c(C)c3)n2n1. The zero-order chi connectivity index (χ0) is 44.4. The molecule has 1 aliphatic rings. The Kier molecular flexibility index (Phi) is 15.5. The van der Waals surface area contributed by atoms with Gasteiger partial charge in [0, 0.05) is 58.1 Å². The van der Waals surface area contributed by atoms with Crippen molar-refractivity contribution >= 4 is 23.4 Å². The summed E-state index contributed by atoms with van der Waals surface area (Å²) in [6.07, 6.45) is 5.40. The molecule has 334 valence electrons. The lowest BCUT2D eigenvalue weighted by atomic mass is 9.95. The Bertz CT molecular complexity index is 2150. The van der Waals surface area contributed by atoms with Crippen LogP contribution in [0.4, 0.5) is 16.4 Å². The lowest BCUT2D eigenvalue weighted by Gasteiger charge is -2.36. The number of benzene rings is 2. The molecule has 0 spiro atoms. The molecule has 1 fully saturated rings. The molecule has 0 saturated carbocycles. The molecule has 3 aromatic heterocycles. The van der Waals surface area contributed by atoms with Crippen LogP contribution in [-0.4, -0.2) is 106 Å². The summed E-state index contributed by atoms with van der Waals surface area (Å²) in [4.78, 5) is 33.9. The van der Waals surface area contributed by atoms with Crippen molar-refractivity contribution in [3.05, 3.63) is 94.9 Å². The number of amides is 1. The number of nitrogens with zero attached hydrogens (tertiary/aromatic N) is 8. The molecular formula is C47H64N8O7. The Morgan fingerprint density at radius 3 is 2.11 bits per heavy atom. The lowest BCUT2D eigenvalue weighted by Crippen LogP contribution is -2.44. The third kappa shape index (κ3) is 11.8. The monoisotopic (exact) mass is 852 g/mol. The molecular weight excluding hydrogens is 789 g/mol. The van der Waals surface area contributed by atoms with E-state index in [1.807, 2.05) is 89.2 Å². The molecule has 1 aliphatic heterocycles. The van der Waals surface area contributed by atoms with E-state index in [-0.39, 0.29) is 18.2 Å². The van der Waals surface area contributed by atoms with Crippen LogP contribution in [0.1, 0.15) is 94.4 Å². The number of hydrogen-bond acceptors (Lipinski definition) is 13. The second kappa shape index (κ2) is 20.9. The minimum atomic E-state index is -1.10. The molecule has 4 heterocycles. The van der Waals surface area contributed by atoms with Gasteiger partial charge in [-0.15, -0.1) is 5.10 Å². The van der Waals surface area contributed by atoms with Crippen LogP contribution in [0, 0.1) is 12.8 Å². The number of imidazole rings is 1. The summed E-state index contributed by atoms with van der Waals surface area (Å²) in [6, 6.07) is 18.1. The summed E-state index contributed by atoms with van der Waals surface area (Å²) in [6.45, 7) is 15.9. The van der Waals surface area contributed by atoms with E-state index < -0.39 is 11.7 Å². The zero-order valence-electron chi connectivity index (χ0n) is 37.8. The summed E-state index contributed by atoms with van der Waals surface area (Å²) in [5.74, 6) is 3.30. The van der Waals surface area contributed by atoms with Crippen molar-refractivity contribution in [1.82, 2.24) is 29.5 Å². The van der Waals surface area contributed by atoms with Gasteiger partial charge in [-0.25, -0.2) is 19.3 Å². The minimum Gasteiger partial charge on any atom is -0.497 e. The summed E-state index contributed by atoms with van der Waals surface area (Å²) >= 11 is 0. The van der Waals surface area contributed by atoms with Gasteiger partial charge < -0.3 is 43.5 Å². The number of aromatic nitrogens is 5. The van der Waals surface area contributed by atoms with Crippen molar-refractivity contribution in [2.24, 2.45) is 5.92 Å². The van der Waals surface area contributed by atoms with Crippen LogP contribution in [0.3, 0.4) is 0 Å². The van der Waals surface area contributed by atoms with Crippen molar-refractivity contribution in [3.8, 4) is 17.5 Å². The van der Waals surface area contributed by atoms with Gasteiger partial charge in [-0.3, -0.25) is 0 Å². The first-order chi connectivity index (χ1) is 29.8. The van der Waals surface area contributed by atoms with Crippen LogP contribution in [-0.2, 0) is 22.6 Å². The molecule has 62 heavy (non-hydrogen) atoms. The Balaban J connectivity index is 1.26.